The summed E-state index contributed by atoms with van der Waals surface area (Å²) in [6.45, 7) is 0. The average molecular weight is 267 g/mol. The number of rotatable bonds is 2. The van der Waals surface area contributed by atoms with E-state index in [1.54, 1.807) is 12.1 Å². The fourth-order valence-electron chi connectivity index (χ4n) is 1.63. The van der Waals surface area contributed by atoms with Crippen LogP contribution in [0.4, 0.5) is 5.69 Å². The van der Waals surface area contributed by atoms with E-state index in [1.807, 2.05) is 42.5 Å². The van der Waals surface area contributed by atoms with Crippen LogP contribution in [0.1, 0.15) is 0 Å². The van der Waals surface area contributed by atoms with Gasteiger partial charge in [0.25, 0.3) is 0 Å². The Morgan fingerprint density at radius 3 is 2.30 bits per heavy atom. The van der Waals surface area contributed by atoms with Crippen molar-refractivity contribution >= 4 is 23.1 Å². The molecule has 20 heavy (non-hydrogen) atoms. The van der Waals surface area contributed by atoms with Gasteiger partial charge in [0.05, 0.1) is 11.6 Å². The lowest BCUT2D eigenvalue weighted by Crippen LogP contribution is -1.96. The number of anilines is 1. The van der Waals surface area contributed by atoms with Crippen LogP contribution in [-0.4, -0.2) is 6.41 Å². The van der Waals surface area contributed by atoms with Crippen molar-refractivity contribution in [3.05, 3.63) is 77.2 Å². The predicted molar refractivity (Wildman–Crippen MR) is 78.6 cm³/mol. The van der Waals surface area contributed by atoms with Gasteiger partial charge in [0, 0.05) is 11.8 Å². The molecule has 1 aromatic heterocycles. The Labute approximate surface area is 115 Å². The third-order valence-electron chi connectivity index (χ3n) is 2.57. The second kappa shape index (κ2) is 6.89. The minimum Gasteiger partial charge on any atom is -0.464 e. The molecule has 3 aromatic rings. The highest BCUT2D eigenvalue weighted by Gasteiger charge is 1.95. The molecule has 100 valence electrons. The molecule has 4 heteroatoms. The molecule has 0 aliphatic rings. The van der Waals surface area contributed by atoms with Crippen molar-refractivity contribution in [3.8, 4) is 0 Å². The molecule has 0 fully saturated rings. The second-order valence-electron chi connectivity index (χ2n) is 3.91. The van der Waals surface area contributed by atoms with Crippen molar-refractivity contribution in [2.24, 2.45) is 0 Å². The van der Waals surface area contributed by atoms with Gasteiger partial charge >= 0.3 is 0 Å². The zero-order chi connectivity index (χ0) is 14.2. The zero-order valence-electron chi connectivity index (χ0n) is 10.7. The summed E-state index contributed by atoms with van der Waals surface area (Å²) in [4.78, 5) is 21.0. The molecule has 0 aliphatic heterocycles. The van der Waals surface area contributed by atoms with Gasteiger partial charge in [-0.15, -0.1) is 0 Å². The molecule has 1 amide bonds. The monoisotopic (exact) mass is 267 g/mol. The van der Waals surface area contributed by atoms with Crippen LogP contribution in [0.2, 0.25) is 0 Å². The Kier molecular flexibility index (Phi) is 4.67. The van der Waals surface area contributed by atoms with Crippen molar-refractivity contribution < 1.29 is 9.21 Å². The smallest absolute Gasteiger partial charge is 0.211 e. The molecule has 0 saturated heterocycles. The second-order valence-corrected chi connectivity index (χ2v) is 3.91. The number of para-hydroxylation sites is 2. The van der Waals surface area contributed by atoms with Gasteiger partial charge in [0.1, 0.15) is 5.58 Å². The van der Waals surface area contributed by atoms with E-state index in [0.717, 1.165) is 5.69 Å². The van der Waals surface area contributed by atoms with Gasteiger partial charge in [0.15, 0.2) is 5.43 Å². The Balaban J connectivity index is 0.000000151. The van der Waals surface area contributed by atoms with Crippen molar-refractivity contribution in [2.45, 2.75) is 0 Å². The molecule has 0 aliphatic carbocycles. The van der Waals surface area contributed by atoms with E-state index >= 15 is 0 Å². The summed E-state index contributed by atoms with van der Waals surface area (Å²) < 4.78 is 5.09. The molecule has 0 unspecified atom stereocenters. The number of carbonyl (C=O) groups is 1. The molecule has 4 nitrogen and oxygen atoms in total. The number of benzene rings is 2. The van der Waals surface area contributed by atoms with Crippen molar-refractivity contribution in [2.75, 3.05) is 5.32 Å². The van der Waals surface area contributed by atoms with Crippen molar-refractivity contribution in [1.29, 1.82) is 0 Å². The maximum Gasteiger partial charge on any atom is 0.211 e. The molecule has 1 N–H and O–H groups in total. The van der Waals surface area contributed by atoms with E-state index in [2.05, 4.69) is 5.32 Å². The molecule has 0 radical (unpaired) electrons. The van der Waals surface area contributed by atoms with Crippen LogP contribution in [0.25, 0.3) is 11.0 Å². The average Bonchev–Trinajstić information content (AvgIpc) is 2.50. The number of amides is 1. The first-order valence-electron chi connectivity index (χ1n) is 6.03. The van der Waals surface area contributed by atoms with E-state index in [-0.39, 0.29) is 5.43 Å². The molecule has 1 heterocycles. The Morgan fingerprint density at radius 1 is 0.900 bits per heavy atom. The van der Waals surface area contributed by atoms with Crippen LogP contribution in [0.5, 0.6) is 0 Å². The van der Waals surface area contributed by atoms with E-state index in [4.69, 9.17) is 4.42 Å². The molecule has 2 aromatic carbocycles. The van der Waals surface area contributed by atoms with Crippen LogP contribution in [-0.2, 0) is 4.79 Å². The minimum atomic E-state index is 0.00634. The van der Waals surface area contributed by atoms with Gasteiger partial charge in [-0.05, 0) is 24.3 Å². The first-order chi connectivity index (χ1) is 9.81. The number of nitrogens with one attached hydrogen (secondary N) is 1. The summed E-state index contributed by atoms with van der Waals surface area (Å²) in [5.41, 5.74) is 1.47. The maximum atomic E-state index is 11.1. The topological polar surface area (TPSA) is 59.3 Å². The van der Waals surface area contributed by atoms with Gasteiger partial charge in [0.2, 0.25) is 6.41 Å². The molecular formula is C16H13NO3. The van der Waals surface area contributed by atoms with Crippen LogP contribution in [0.3, 0.4) is 0 Å². The van der Waals surface area contributed by atoms with Crippen LogP contribution in [0, 0.1) is 0 Å². The highest BCUT2D eigenvalue weighted by atomic mass is 16.3. The Bertz CT molecular complexity index is 730. The summed E-state index contributed by atoms with van der Waals surface area (Å²) in [6, 6.07) is 17.9. The number of hydrogen-bond acceptors (Lipinski definition) is 3. The summed E-state index contributed by atoms with van der Waals surface area (Å²) in [5.74, 6) is 0. The normalized spacial score (nSPS) is 9.40. The minimum absolute atomic E-state index is 0.00634. The fraction of sp³-hybridized carbons (Fsp3) is 0. The summed E-state index contributed by atoms with van der Waals surface area (Å²) >= 11 is 0. The largest absolute Gasteiger partial charge is 0.464 e. The Hall–Kier alpha value is -2.88. The lowest BCUT2D eigenvalue weighted by atomic mass is 10.2. The number of hydrogen-bond donors (Lipinski definition) is 1. The first kappa shape index (κ1) is 13.5. The van der Waals surface area contributed by atoms with E-state index < -0.39 is 0 Å². The van der Waals surface area contributed by atoms with Crippen LogP contribution >= 0.6 is 0 Å². The van der Waals surface area contributed by atoms with E-state index in [1.165, 1.54) is 12.3 Å². The van der Waals surface area contributed by atoms with Gasteiger partial charge in [-0.2, -0.15) is 0 Å². The third kappa shape index (κ3) is 3.55. The van der Waals surface area contributed by atoms with Gasteiger partial charge < -0.3 is 9.73 Å². The van der Waals surface area contributed by atoms with Gasteiger partial charge in [-0.3, -0.25) is 9.59 Å². The maximum absolute atomic E-state index is 11.1. The third-order valence-corrected chi connectivity index (χ3v) is 2.57. The molecule has 0 atom stereocenters. The lowest BCUT2D eigenvalue weighted by Gasteiger charge is -1.93. The van der Waals surface area contributed by atoms with E-state index in [0.29, 0.717) is 17.4 Å². The summed E-state index contributed by atoms with van der Waals surface area (Å²) in [5, 5.41) is 3.16. The van der Waals surface area contributed by atoms with E-state index in [9.17, 15) is 9.59 Å². The van der Waals surface area contributed by atoms with Crippen molar-refractivity contribution in [1.82, 2.24) is 0 Å². The SMILES string of the molecule is O=CNc1ccccc1.O=c1ccoc2ccccc12. The van der Waals surface area contributed by atoms with Crippen molar-refractivity contribution in [3.63, 3.8) is 0 Å². The zero-order valence-corrected chi connectivity index (χ0v) is 10.7. The Morgan fingerprint density at radius 2 is 1.60 bits per heavy atom. The standard InChI is InChI=1S/C9H6O2.C7H7NO/c10-8-5-6-11-9-4-2-1-3-7(8)9;9-6-8-7-4-2-1-3-5-7/h1-6H;1-6H,(H,8,9). The molecule has 0 bridgehead atoms. The highest BCUT2D eigenvalue weighted by molar-refractivity contribution is 5.75. The number of fused-ring (bicyclic) bond motifs is 1. The van der Waals surface area contributed by atoms with Crippen LogP contribution < -0.4 is 10.7 Å². The molecule has 0 saturated carbocycles. The quantitative estimate of drug-likeness (QED) is 0.726. The van der Waals surface area contributed by atoms with Gasteiger partial charge in [-0.25, -0.2) is 0 Å². The highest BCUT2D eigenvalue weighted by Crippen LogP contribution is 2.06. The molecule has 0 spiro atoms. The van der Waals surface area contributed by atoms with Crippen LogP contribution in [0.15, 0.2) is 76.1 Å². The summed E-state index contributed by atoms with van der Waals surface area (Å²) in [6.07, 6.45) is 2.07. The first-order valence-corrected chi connectivity index (χ1v) is 6.03. The molecular weight excluding hydrogens is 254 g/mol. The summed E-state index contributed by atoms with van der Waals surface area (Å²) in [7, 11) is 0. The number of carbonyl (C=O) groups excluding carboxylic acids is 1. The molecule has 3 rings (SSSR count). The predicted octanol–water partition coefficient (Wildman–Crippen LogP) is 3.05. The van der Waals surface area contributed by atoms with Gasteiger partial charge in [-0.1, -0.05) is 30.3 Å². The fourth-order valence-corrected chi connectivity index (χ4v) is 1.63. The lowest BCUT2D eigenvalue weighted by molar-refractivity contribution is -0.105.